The fourth-order valence-corrected chi connectivity index (χ4v) is 1.09. The molecular weight excluding hydrogens is 240 g/mol. The van der Waals surface area contributed by atoms with Gasteiger partial charge in [-0.15, -0.1) is 0 Å². The maximum absolute atomic E-state index is 11.7. The van der Waals surface area contributed by atoms with Gasteiger partial charge in [0.05, 0.1) is 13.5 Å². The van der Waals surface area contributed by atoms with Crippen LogP contribution < -0.4 is 5.32 Å². The van der Waals surface area contributed by atoms with Crippen molar-refractivity contribution in [1.29, 1.82) is 0 Å². The van der Waals surface area contributed by atoms with E-state index in [0.29, 0.717) is 0 Å². The molecule has 0 saturated carbocycles. The van der Waals surface area contributed by atoms with Gasteiger partial charge in [-0.2, -0.15) is 0 Å². The van der Waals surface area contributed by atoms with Gasteiger partial charge < -0.3 is 20.1 Å². The lowest BCUT2D eigenvalue weighted by Gasteiger charge is -2.27. The second-order valence-corrected chi connectivity index (χ2v) is 4.17. The Morgan fingerprint density at radius 3 is 2.33 bits per heavy atom. The summed E-state index contributed by atoms with van der Waals surface area (Å²) in [4.78, 5) is 34.9. The number of hydrogen-bond acceptors (Lipinski definition) is 4. The van der Waals surface area contributed by atoms with Crippen LogP contribution in [0.2, 0.25) is 0 Å². The van der Waals surface area contributed by atoms with Crippen molar-refractivity contribution in [1.82, 2.24) is 10.2 Å². The zero-order valence-corrected chi connectivity index (χ0v) is 11.1. The van der Waals surface area contributed by atoms with Crippen LogP contribution in [0, 0.1) is 0 Å². The third-order valence-electron chi connectivity index (χ3n) is 2.79. The minimum atomic E-state index is -1.31. The Kier molecular flexibility index (Phi) is 6.15. The van der Waals surface area contributed by atoms with Crippen LogP contribution in [0.25, 0.3) is 0 Å². The average Bonchev–Trinajstić information content (AvgIpc) is 2.34. The number of carbonyl (C=O) groups excluding carboxylic acids is 2. The fraction of sp³-hybridized carbons (Fsp3) is 0.727. The Morgan fingerprint density at radius 1 is 1.39 bits per heavy atom. The molecule has 0 aliphatic carbocycles. The van der Waals surface area contributed by atoms with Gasteiger partial charge in [-0.3, -0.25) is 4.79 Å². The molecule has 0 spiro atoms. The highest BCUT2D eigenvalue weighted by Gasteiger charge is 2.33. The molecule has 0 rings (SSSR count). The lowest BCUT2D eigenvalue weighted by molar-refractivity contribution is -0.144. The molecule has 1 unspecified atom stereocenters. The Bertz CT molecular complexity index is 331. The lowest BCUT2D eigenvalue weighted by Crippen LogP contribution is -2.55. The number of carbonyl (C=O) groups is 3. The molecule has 0 radical (unpaired) electrons. The van der Waals surface area contributed by atoms with Crippen LogP contribution in [0.5, 0.6) is 0 Å². The molecule has 0 saturated heterocycles. The van der Waals surface area contributed by atoms with Crippen molar-refractivity contribution in [3.63, 3.8) is 0 Å². The second-order valence-electron chi connectivity index (χ2n) is 4.17. The first-order valence-electron chi connectivity index (χ1n) is 5.60. The van der Waals surface area contributed by atoms with Crippen LogP contribution in [0.4, 0.5) is 4.79 Å². The molecule has 0 aromatic rings. The van der Waals surface area contributed by atoms with Crippen LogP contribution in [0.3, 0.4) is 0 Å². The normalized spacial score (nSPS) is 13.3. The third-order valence-corrected chi connectivity index (χ3v) is 2.79. The number of carboxylic acids is 1. The van der Waals surface area contributed by atoms with Gasteiger partial charge in [0, 0.05) is 13.6 Å². The smallest absolute Gasteiger partial charge is 0.329 e. The third kappa shape index (κ3) is 4.60. The van der Waals surface area contributed by atoms with Gasteiger partial charge in [-0.05, 0) is 13.3 Å². The summed E-state index contributed by atoms with van der Waals surface area (Å²) in [5.74, 6) is -1.52. The summed E-state index contributed by atoms with van der Waals surface area (Å²) < 4.78 is 4.45. The molecule has 0 aliphatic heterocycles. The summed E-state index contributed by atoms with van der Waals surface area (Å²) in [7, 11) is 2.75. The Hall–Kier alpha value is -1.79. The number of carboxylic acid groups (broad SMARTS) is 1. The summed E-state index contributed by atoms with van der Waals surface area (Å²) in [6.07, 6.45) is 0.329. The van der Waals surface area contributed by atoms with Crippen LogP contribution in [0.15, 0.2) is 0 Å². The highest BCUT2D eigenvalue weighted by Crippen LogP contribution is 2.09. The van der Waals surface area contributed by atoms with Crippen molar-refractivity contribution >= 4 is 18.0 Å². The number of nitrogens with one attached hydrogen (secondary N) is 1. The van der Waals surface area contributed by atoms with Crippen LogP contribution in [-0.4, -0.2) is 54.2 Å². The molecule has 0 aliphatic rings. The molecule has 1 atom stereocenters. The number of methoxy groups -OCH3 is 1. The summed E-state index contributed by atoms with van der Waals surface area (Å²) >= 11 is 0. The average molecular weight is 260 g/mol. The summed E-state index contributed by atoms with van der Waals surface area (Å²) in [5, 5.41) is 11.4. The van der Waals surface area contributed by atoms with E-state index in [1.807, 2.05) is 0 Å². The van der Waals surface area contributed by atoms with E-state index in [9.17, 15) is 14.4 Å². The van der Waals surface area contributed by atoms with Crippen molar-refractivity contribution in [2.24, 2.45) is 0 Å². The zero-order valence-electron chi connectivity index (χ0n) is 11.1. The van der Waals surface area contributed by atoms with Crippen LogP contribution >= 0.6 is 0 Å². The quantitative estimate of drug-likeness (QED) is 0.676. The van der Waals surface area contributed by atoms with Gasteiger partial charge in [0.1, 0.15) is 5.54 Å². The van der Waals surface area contributed by atoms with Gasteiger partial charge in [-0.25, -0.2) is 9.59 Å². The number of nitrogens with zero attached hydrogens (tertiary/aromatic N) is 1. The number of ether oxygens (including phenoxy) is 1. The zero-order chi connectivity index (χ0) is 14.3. The Labute approximate surface area is 106 Å². The van der Waals surface area contributed by atoms with E-state index in [2.05, 4.69) is 10.1 Å². The predicted octanol–water partition coefficient (Wildman–Crippen LogP) is 0.444. The summed E-state index contributed by atoms with van der Waals surface area (Å²) in [6.45, 7) is 3.27. The van der Waals surface area contributed by atoms with Crippen LogP contribution in [0.1, 0.15) is 26.7 Å². The molecule has 7 heteroatoms. The fourth-order valence-electron chi connectivity index (χ4n) is 1.09. The number of aliphatic carboxylic acids is 1. The highest BCUT2D eigenvalue weighted by molar-refractivity contribution is 5.85. The Balaban J connectivity index is 4.39. The van der Waals surface area contributed by atoms with Gasteiger partial charge in [0.15, 0.2) is 0 Å². The van der Waals surface area contributed by atoms with Crippen molar-refractivity contribution in [3.8, 4) is 0 Å². The number of amides is 2. The van der Waals surface area contributed by atoms with Gasteiger partial charge in [-0.1, -0.05) is 6.92 Å². The van der Waals surface area contributed by atoms with Crippen molar-refractivity contribution in [3.05, 3.63) is 0 Å². The van der Waals surface area contributed by atoms with E-state index >= 15 is 0 Å². The Morgan fingerprint density at radius 2 is 1.94 bits per heavy atom. The minimum Gasteiger partial charge on any atom is -0.480 e. The van der Waals surface area contributed by atoms with E-state index < -0.39 is 23.5 Å². The minimum absolute atomic E-state index is 0.0658. The first-order chi connectivity index (χ1) is 8.26. The maximum Gasteiger partial charge on any atom is 0.329 e. The molecule has 0 aromatic heterocycles. The largest absolute Gasteiger partial charge is 0.480 e. The molecule has 2 N–H and O–H groups in total. The monoisotopic (exact) mass is 260 g/mol. The molecular formula is C11H20N2O5. The first kappa shape index (κ1) is 16.2. The van der Waals surface area contributed by atoms with Gasteiger partial charge in [0.2, 0.25) is 0 Å². The summed E-state index contributed by atoms with van der Waals surface area (Å²) in [5.41, 5.74) is -1.31. The van der Waals surface area contributed by atoms with E-state index in [4.69, 9.17) is 5.11 Å². The van der Waals surface area contributed by atoms with Crippen molar-refractivity contribution in [2.75, 3.05) is 20.7 Å². The molecule has 0 fully saturated rings. The molecule has 0 bridgehead atoms. The lowest BCUT2D eigenvalue weighted by atomic mass is 10.00. The molecule has 0 aromatic carbocycles. The highest BCUT2D eigenvalue weighted by atomic mass is 16.5. The summed E-state index contributed by atoms with van der Waals surface area (Å²) in [6, 6.07) is -0.536. The standard InChI is InChI=1S/C11H20N2O5/c1-5-11(2,9(15)16)12-10(17)13(3)7-6-8(14)18-4/h5-7H2,1-4H3,(H,12,17)(H,15,16). The molecule has 2 amide bonds. The number of hydrogen-bond donors (Lipinski definition) is 2. The van der Waals surface area contributed by atoms with Crippen molar-refractivity contribution in [2.45, 2.75) is 32.2 Å². The van der Waals surface area contributed by atoms with Crippen molar-refractivity contribution < 1.29 is 24.2 Å². The molecule has 104 valence electrons. The molecule has 7 nitrogen and oxygen atoms in total. The number of esters is 1. The molecule has 18 heavy (non-hydrogen) atoms. The van der Waals surface area contributed by atoms with E-state index in [0.717, 1.165) is 0 Å². The second kappa shape index (κ2) is 6.83. The first-order valence-corrected chi connectivity index (χ1v) is 5.60. The maximum atomic E-state index is 11.7. The molecule has 0 heterocycles. The van der Waals surface area contributed by atoms with E-state index in [1.165, 1.54) is 26.0 Å². The van der Waals surface area contributed by atoms with Gasteiger partial charge >= 0.3 is 18.0 Å². The topological polar surface area (TPSA) is 95.9 Å². The number of urea groups is 1. The SMILES string of the molecule is CCC(C)(NC(=O)N(C)CCC(=O)OC)C(=O)O. The predicted molar refractivity (Wildman–Crippen MR) is 64.1 cm³/mol. The van der Waals surface area contributed by atoms with E-state index in [-0.39, 0.29) is 19.4 Å². The van der Waals surface area contributed by atoms with Crippen LogP contribution in [-0.2, 0) is 14.3 Å². The van der Waals surface area contributed by atoms with Gasteiger partial charge in [0.25, 0.3) is 0 Å². The van der Waals surface area contributed by atoms with E-state index in [1.54, 1.807) is 6.92 Å². The number of rotatable bonds is 6.